The Balaban J connectivity index is 0.00000484. The highest BCUT2D eigenvalue weighted by molar-refractivity contribution is 14.0. The molecular weight excluding hydrogens is 419 g/mol. The number of nitrogens with one attached hydrogen (secondary N) is 2. The Morgan fingerprint density at radius 2 is 1.70 bits per heavy atom. The van der Waals surface area contributed by atoms with Gasteiger partial charge in [-0.1, -0.05) is 13.8 Å². The van der Waals surface area contributed by atoms with Crippen molar-refractivity contribution in [2.45, 2.75) is 39.5 Å². The highest BCUT2D eigenvalue weighted by atomic mass is 127. The van der Waals surface area contributed by atoms with Gasteiger partial charge < -0.3 is 15.5 Å². The molecule has 0 radical (unpaired) electrons. The van der Waals surface area contributed by atoms with E-state index in [9.17, 15) is 0 Å². The van der Waals surface area contributed by atoms with Gasteiger partial charge >= 0.3 is 0 Å². The van der Waals surface area contributed by atoms with E-state index in [-0.39, 0.29) is 24.0 Å². The van der Waals surface area contributed by atoms with Crippen molar-refractivity contribution in [3.8, 4) is 0 Å². The van der Waals surface area contributed by atoms with E-state index in [0.29, 0.717) is 0 Å². The molecular formula is C17H37IN4S. The lowest BCUT2D eigenvalue weighted by Crippen LogP contribution is -2.41. The molecule has 6 heteroatoms. The van der Waals surface area contributed by atoms with E-state index >= 15 is 0 Å². The van der Waals surface area contributed by atoms with Crippen molar-refractivity contribution in [2.75, 3.05) is 51.8 Å². The maximum absolute atomic E-state index is 4.29. The Bertz CT molecular complexity index is 305. The fraction of sp³-hybridized carbons (Fsp3) is 0.941. The number of guanidine groups is 1. The molecule has 2 unspecified atom stereocenters. The monoisotopic (exact) mass is 456 g/mol. The lowest BCUT2D eigenvalue weighted by atomic mass is 9.92. The van der Waals surface area contributed by atoms with Gasteiger partial charge in [-0.3, -0.25) is 4.99 Å². The Labute approximate surface area is 165 Å². The fourth-order valence-corrected chi connectivity index (χ4v) is 3.78. The third-order valence-corrected chi connectivity index (χ3v) is 4.88. The topological polar surface area (TPSA) is 39.7 Å². The van der Waals surface area contributed by atoms with E-state index < -0.39 is 0 Å². The van der Waals surface area contributed by atoms with Crippen molar-refractivity contribution < 1.29 is 0 Å². The zero-order chi connectivity index (χ0) is 16.2. The van der Waals surface area contributed by atoms with Crippen molar-refractivity contribution in [2.24, 2.45) is 16.8 Å². The number of hydrogen-bond acceptors (Lipinski definition) is 3. The van der Waals surface area contributed by atoms with E-state index in [2.05, 4.69) is 40.6 Å². The van der Waals surface area contributed by atoms with Crippen LogP contribution in [0, 0.1) is 11.8 Å². The molecule has 1 heterocycles. The summed E-state index contributed by atoms with van der Waals surface area (Å²) in [5, 5.41) is 6.83. The van der Waals surface area contributed by atoms with Crippen LogP contribution in [0.2, 0.25) is 0 Å². The number of likely N-dealkylation sites (tertiary alicyclic amines) is 1. The Hall–Kier alpha value is 0.310. The van der Waals surface area contributed by atoms with Gasteiger partial charge in [-0.05, 0) is 56.1 Å². The summed E-state index contributed by atoms with van der Waals surface area (Å²) in [6.07, 6.45) is 7.23. The first-order valence-electron chi connectivity index (χ1n) is 8.81. The van der Waals surface area contributed by atoms with Gasteiger partial charge in [0.15, 0.2) is 5.96 Å². The minimum atomic E-state index is 0. The minimum absolute atomic E-state index is 0. The molecule has 0 bridgehead atoms. The third kappa shape index (κ3) is 11.5. The number of nitrogens with zero attached hydrogens (tertiary/aromatic N) is 2. The molecule has 2 atom stereocenters. The zero-order valence-corrected chi connectivity index (χ0v) is 18.6. The predicted octanol–water partition coefficient (Wildman–Crippen LogP) is 3.28. The smallest absolute Gasteiger partial charge is 0.190 e. The second-order valence-electron chi connectivity index (χ2n) is 6.68. The summed E-state index contributed by atoms with van der Waals surface area (Å²) in [4.78, 5) is 6.91. The lowest BCUT2D eigenvalue weighted by Gasteiger charge is -2.35. The average Bonchev–Trinajstić information content (AvgIpc) is 2.48. The number of piperidine rings is 1. The van der Waals surface area contributed by atoms with Crippen LogP contribution >= 0.6 is 35.7 Å². The van der Waals surface area contributed by atoms with Crippen LogP contribution in [0.4, 0.5) is 0 Å². The molecule has 1 rings (SSSR count). The molecule has 0 spiro atoms. The Morgan fingerprint density at radius 3 is 2.26 bits per heavy atom. The molecule has 138 valence electrons. The number of thioether (sulfide) groups is 1. The van der Waals surface area contributed by atoms with E-state index in [1.54, 1.807) is 0 Å². The molecule has 1 fully saturated rings. The second-order valence-corrected chi connectivity index (χ2v) is 7.67. The maximum atomic E-state index is 4.29. The first kappa shape index (κ1) is 23.3. The zero-order valence-electron chi connectivity index (χ0n) is 15.4. The highest BCUT2D eigenvalue weighted by Gasteiger charge is 2.20. The van der Waals surface area contributed by atoms with Gasteiger partial charge in [0.2, 0.25) is 0 Å². The van der Waals surface area contributed by atoms with Gasteiger partial charge in [-0.2, -0.15) is 11.8 Å². The Morgan fingerprint density at radius 1 is 1.09 bits per heavy atom. The van der Waals surface area contributed by atoms with Gasteiger partial charge in [-0.15, -0.1) is 24.0 Å². The summed E-state index contributed by atoms with van der Waals surface area (Å²) in [5.74, 6) is 3.91. The number of rotatable bonds is 9. The maximum Gasteiger partial charge on any atom is 0.190 e. The van der Waals surface area contributed by atoms with E-state index in [1.807, 2.05) is 18.8 Å². The van der Waals surface area contributed by atoms with E-state index in [4.69, 9.17) is 0 Å². The van der Waals surface area contributed by atoms with Crippen molar-refractivity contribution in [3.05, 3.63) is 0 Å². The quantitative estimate of drug-likeness (QED) is 0.242. The molecule has 0 saturated carbocycles. The summed E-state index contributed by atoms with van der Waals surface area (Å²) < 4.78 is 0. The van der Waals surface area contributed by atoms with Crippen molar-refractivity contribution in [3.63, 3.8) is 0 Å². The van der Waals surface area contributed by atoms with Crippen LogP contribution in [0.3, 0.4) is 0 Å². The van der Waals surface area contributed by atoms with Gasteiger partial charge in [0.1, 0.15) is 0 Å². The van der Waals surface area contributed by atoms with Crippen LogP contribution in [0.5, 0.6) is 0 Å². The van der Waals surface area contributed by atoms with Crippen LogP contribution in [0.15, 0.2) is 4.99 Å². The summed E-state index contributed by atoms with van der Waals surface area (Å²) in [5.41, 5.74) is 0. The predicted molar refractivity (Wildman–Crippen MR) is 116 cm³/mol. The molecule has 0 aliphatic carbocycles. The molecule has 1 aliphatic rings. The first-order chi connectivity index (χ1) is 10.7. The number of hydrogen-bond donors (Lipinski definition) is 2. The van der Waals surface area contributed by atoms with E-state index in [1.165, 1.54) is 51.1 Å². The molecule has 0 amide bonds. The normalized spacial score (nSPS) is 22.5. The first-order valence-corrected chi connectivity index (χ1v) is 10.2. The molecule has 1 aliphatic heterocycles. The minimum Gasteiger partial charge on any atom is -0.356 e. The van der Waals surface area contributed by atoms with Crippen LogP contribution < -0.4 is 10.6 Å². The van der Waals surface area contributed by atoms with Gasteiger partial charge in [-0.25, -0.2) is 0 Å². The summed E-state index contributed by atoms with van der Waals surface area (Å²) in [6, 6.07) is 0. The largest absolute Gasteiger partial charge is 0.356 e. The molecule has 23 heavy (non-hydrogen) atoms. The van der Waals surface area contributed by atoms with Crippen molar-refractivity contribution >= 4 is 41.7 Å². The van der Waals surface area contributed by atoms with Crippen LogP contribution in [-0.4, -0.2) is 62.6 Å². The average molecular weight is 456 g/mol. The van der Waals surface area contributed by atoms with Gasteiger partial charge in [0.05, 0.1) is 0 Å². The number of unbranched alkanes of at least 4 members (excludes halogenated alkanes) is 1. The second kappa shape index (κ2) is 14.6. The summed E-state index contributed by atoms with van der Waals surface area (Å²) in [7, 11) is 1.85. The summed E-state index contributed by atoms with van der Waals surface area (Å²) in [6.45, 7) is 10.5. The Kier molecular flexibility index (Phi) is 14.8. The number of aliphatic imine (C=N–C) groups is 1. The van der Waals surface area contributed by atoms with Crippen LogP contribution in [0.1, 0.15) is 39.5 Å². The van der Waals surface area contributed by atoms with Gasteiger partial charge in [0.25, 0.3) is 0 Å². The third-order valence-electron chi connectivity index (χ3n) is 4.18. The molecule has 0 aromatic heterocycles. The lowest BCUT2D eigenvalue weighted by molar-refractivity contribution is 0.140. The molecule has 1 saturated heterocycles. The van der Waals surface area contributed by atoms with Gasteiger partial charge in [0, 0.05) is 33.2 Å². The van der Waals surface area contributed by atoms with Crippen LogP contribution in [0.25, 0.3) is 0 Å². The number of halogens is 1. The van der Waals surface area contributed by atoms with E-state index in [0.717, 1.165) is 30.9 Å². The standard InChI is InChI=1S/C17H36N4S.HI/c1-15-12-16(2)14-21(13-15)10-7-9-20-17(18-3)19-8-5-6-11-22-4;/h15-16H,5-14H2,1-4H3,(H2,18,19,20);1H. The molecule has 2 N–H and O–H groups in total. The molecule has 4 nitrogen and oxygen atoms in total. The molecule has 0 aromatic carbocycles. The molecule has 0 aromatic rings. The van der Waals surface area contributed by atoms with Crippen LogP contribution in [-0.2, 0) is 0 Å². The summed E-state index contributed by atoms with van der Waals surface area (Å²) >= 11 is 1.92. The van der Waals surface area contributed by atoms with Crippen molar-refractivity contribution in [1.82, 2.24) is 15.5 Å². The SMILES string of the molecule is CN=C(NCCCCSC)NCCCN1CC(C)CC(C)C1.I. The van der Waals surface area contributed by atoms with Crippen molar-refractivity contribution in [1.29, 1.82) is 0 Å². The fourth-order valence-electron chi connectivity index (χ4n) is 3.28. The highest BCUT2D eigenvalue weighted by Crippen LogP contribution is 2.20.